The summed E-state index contributed by atoms with van der Waals surface area (Å²) in [6, 6.07) is 5.80. The van der Waals surface area contributed by atoms with E-state index in [0.717, 1.165) is 0 Å². The van der Waals surface area contributed by atoms with Crippen LogP contribution < -0.4 is 0 Å². The monoisotopic (exact) mass is 461 g/mol. The number of hydrogen-bond acceptors (Lipinski definition) is 6. The van der Waals surface area contributed by atoms with Crippen LogP contribution >= 0.6 is 0 Å². The second-order valence-electron chi connectivity index (χ2n) is 8.47. The molecule has 0 aliphatic carbocycles. The van der Waals surface area contributed by atoms with Gasteiger partial charge in [0, 0.05) is 23.5 Å². The van der Waals surface area contributed by atoms with Crippen molar-refractivity contribution in [2.24, 2.45) is 0 Å². The Morgan fingerprint density at radius 3 is 2.24 bits per heavy atom. The molecule has 0 amide bonds. The van der Waals surface area contributed by atoms with Crippen molar-refractivity contribution < 1.29 is 34.7 Å². The molecule has 0 fully saturated rings. The number of carboxylic acid groups (broad SMARTS) is 1. The van der Waals surface area contributed by atoms with Crippen molar-refractivity contribution >= 4 is 12.0 Å². The Kier molecular flexibility index (Phi) is 9.67. The van der Waals surface area contributed by atoms with Crippen LogP contribution in [0.4, 0.5) is 4.39 Å². The Hall–Kier alpha value is -2.65. The van der Waals surface area contributed by atoms with E-state index in [0.29, 0.717) is 33.6 Å². The number of aliphatic hydroxyl groups excluding tert-OH is 4. The SMILES string of the molecule is CC(C)c1nc(C(C)CO)c(CO)c(-c2ccc(F)cc2)c1/C=C/[C@@H](O)C[C@@H](O)CC(=O)O. The van der Waals surface area contributed by atoms with E-state index in [9.17, 15) is 29.6 Å². The van der Waals surface area contributed by atoms with Crippen LogP contribution in [0, 0.1) is 5.82 Å². The van der Waals surface area contributed by atoms with Crippen molar-refractivity contribution in [3.8, 4) is 11.1 Å². The summed E-state index contributed by atoms with van der Waals surface area (Å²) in [5, 5.41) is 48.9. The van der Waals surface area contributed by atoms with Crippen molar-refractivity contribution in [1.82, 2.24) is 4.98 Å². The zero-order valence-corrected chi connectivity index (χ0v) is 19.1. The average molecular weight is 462 g/mol. The van der Waals surface area contributed by atoms with Crippen LogP contribution in [-0.4, -0.2) is 55.3 Å². The van der Waals surface area contributed by atoms with Gasteiger partial charge in [-0.25, -0.2) is 4.39 Å². The molecular weight excluding hydrogens is 429 g/mol. The molecule has 1 aromatic carbocycles. The number of halogens is 1. The van der Waals surface area contributed by atoms with Gasteiger partial charge < -0.3 is 25.5 Å². The molecule has 0 bridgehead atoms. The maximum atomic E-state index is 13.6. The Balaban J connectivity index is 2.68. The van der Waals surface area contributed by atoms with E-state index in [2.05, 4.69) is 0 Å². The third-order valence-corrected chi connectivity index (χ3v) is 5.38. The molecule has 8 heteroatoms. The lowest BCUT2D eigenvalue weighted by Gasteiger charge is -2.23. The molecule has 2 aromatic rings. The second kappa shape index (κ2) is 12.0. The van der Waals surface area contributed by atoms with Crippen molar-refractivity contribution in [1.29, 1.82) is 0 Å². The maximum Gasteiger partial charge on any atom is 0.305 e. The first-order chi connectivity index (χ1) is 15.6. The van der Waals surface area contributed by atoms with Crippen molar-refractivity contribution in [2.45, 2.75) is 64.3 Å². The first-order valence-corrected chi connectivity index (χ1v) is 10.9. The van der Waals surface area contributed by atoms with E-state index < -0.39 is 30.4 Å². The van der Waals surface area contributed by atoms with Crippen LogP contribution in [0.3, 0.4) is 0 Å². The zero-order chi connectivity index (χ0) is 24.7. The first kappa shape index (κ1) is 26.6. The summed E-state index contributed by atoms with van der Waals surface area (Å²) in [4.78, 5) is 15.5. The minimum Gasteiger partial charge on any atom is -0.481 e. The summed E-state index contributed by atoms with van der Waals surface area (Å²) in [6.45, 7) is 5.14. The normalized spacial score (nSPS) is 14.6. The maximum absolute atomic E-state index is 13.6. The Labute approximate surface area is 192 Å². The molecule has 33 heavy (non-hydrogen) atoms. The Morgan fingerprint density at radius 2 is 1.73 bits per heavy atom. The standard InChI is InChI=1S/C25H32FNO6/c1-14(2)24-20(9-8-18(30)10-19(31)11-22(32)33)23(16-4-6-17(26)7-5-16)21(13-29)25(27-24)15(3)12-28/h4-9,14-15,18-19,28-31H,10-13H2,1-3H3,(H,32,33)/b9-8+/t15?,18-,19-/m1/s1. The molecule has 0 aliphatic rings. The van der Waals surface area contributed by atoms with Gasteiger partial charge in [0.25, 0.3) is 0 Å². The predicted octanol–water partition coefficient (Wildman–Crippen LogP) is 3.20. The minimum absolute atomic E-state index is 0.0593. The largest absolute Gasteiger partial charge is 0.481 e. The van der Waals surface area contributed by atoms with Crippen molar-refractivity contribution in [3.05, 3.63) is 58.7 Å². The molecule has 0 aliphatic heterocycles. The summed E-state index contributed by atoms with van der Waals surface area (Å²) in [5.41, 5.74) is 3.56. The number of pyridine rings is 1. The summed E-state index contributed by atoms with van der Waals surface area (Å²) in [6.07, 6.45) is 0.109. The molecule has 0 saturated heterocycles. The second-order valence-corrected chi connectivity index (χ2v) is 8.47. The van der Waals surface area contributed by atoms with E-state index in [1.807, 2.05) is 13.8 Å². The average Bonchev–Trinajstić information content (AvgIpc) is 2.75. The van der Waals surface area contributed by atoms with Gasteiger partial charge in [-0.05, 0) is 29.2 Å². The molecule has 3 atom stereocenters. The fourth-order valence-electron chi connectivity index (χ4n) is 3.73. The van der Waals surface area contributed by atoms with Crippen LogP contribution in [0.25, 0.3) is 17.2 Å². The fourth-order valence-corrected chi connectivity index (χ4v) is 3.73. The van der Waals surface area contributed by atoms with E-state index in [4.69, 9.17) is 10.1 Å². The number of carboxylic acids is 1. The van der Waals surface area contributed by atoms with Gasteiger partial charge in [0.15, 0.2) is 0 Å². The molecule has 0 radical (unpaired) electrons. The van der Waals surface area contributed by atoms with E-state index in [-0.39, 0.29) is 31.5 Å². The molecule has 0 saturated carbocycles. The van der Waals surface area contributed by atoms with Gasteiger partial charge in [0.05, 0.1) is 43.2 Å². The lowest BCUT2D eigenvalue weighted by Crippen LogP contribution is -2.19. The van der Waals surface area contributed by atoms with Gasteiger partial charge in [0.2, 0.25) is 0 Å². The van der Waals surface area contributed by atoms with Crippen molar-refractivity contribution in [3.63, 3.8) is 0 Å². The predicted molar refractivity (Wildman–Crippen MR) is 123 cm³/mol. The van der Waals surface area contributed by atoms with Gasteiger partial charge >= 0.3 is 5.97 Å². The molecular formula is C25H32FNO6. The van der Waals surface area contributed by atoms with E-state index in [1.165, 1.54) is 18.2 Å². The van der Waals surface area contributed by atoms with Gasteiger partial charge in [-0.3, -0.25) is 9.78 Å². The highest BCUT2D eigenvalue weighted by atomic mass is 19.1. The molecule has 0 spiro atoms. The quantitative estimate of drug-likeness (QED) is 0.347. The number of nitrogens with zero attached hydrogens (tertiary/aromatic N) is 1. The molecule has 5 N–H and O–H groups in total. The molecule has 1 aromatic heterocycles. The highest BCUT2D eigenvalue weighted by Crippen LogP contribution is 2.37. The number of rotatable bonds is 11. The van der Waals surface area contributed by atoms with Gasteiger partial charge in [0.1, 0.15) is 5.82 Å². The van der Waals surface area contributed by atoms with Crippen LogP contribution in [0.15, 0.2) is 30.3 Å². The summed E-state index contributed by atoms with van der Waals surface area (Å²) < 4.78 is 13.6. The van der Waals surface area contributed by atoms with Crippen molar-refractivity contribution in [2.75, 3.05) is 6.61 Å². The molecule has 1 heterocycles. The number of aromatic nitrogens is 1. The number of hydrogen-bond donors (Lipinski definition) is 5. The topological polar surface area (TPSA) is 131 Å². The number of benzene rings is 1. The van der Waals surface area contributed by atoms with Gasteiger partial charge in [-0.15, -0.1) is 0 Å². The van der Waals surface area contributed by atoms with Crippen LogP contribution in [0.5, 0.6) is 0 Å². The van der Waals surface area contributed by atoms with Crippen LogP contribution in [0.2, 0.25) is 0 Å². The zero-order valence-electron chi connectivity index (χ0n) is 19.1. The number of aliphatic hydroxyl groups is 4. The fraction of sp³-hybridized carbons (Fsp3) is 0.440. The third-order valence-electron chi connectivity index (χ3n) is 5.38. The number of carbonyl (C=O) groups is 1. The highest BCUT2D eigenvalue weighted by molar-refractivity contribution is 5.80. The Morgan fingerprint density at radius 1 is 1.09 bits per heavy atom. The summed E-state index contributed by atoms with van der Waals surface area (Å²) in [5.74, 6) is -1.98. The smallest absolute Gasteiger partial charge is 0.305 e. The van der Waals surface area contributed by atoms with E-state index >= 15 is 0 Å². The first-order valence-electron chi connectivity index (χ1n) is 10.9. The third kappa shape index (κ3) is 6.91. The number of aliphatic carboxylic acids is 1. The highest BCUT2D eigenvalue weighted by Gasteiger charge is 2.24. The molecule has 1 unspecified atom stereocenters. The summed E-state index contributed by atoms with van der Waals surface area (Å²) >= 11 is 0. The lowest BCUT2D eigenvalue weighted by molar-refractivity contribution is -0.139. The van der Waals surface area contributed by atoms with Gasteiger partial charge in [-0.1, -0.05) is 45.1 Å². The van der Waals surface area contributed by atoms with E-state index in [1.54, 1.807) is 25.1 Å². The van der Waals surface area contributed by atoms with Gasteiger partial charge in [-0.2, -0.15) is 0 Å². The minimum atomic E-state index is -1.21. The lowest BCUT2D eigenvalue weighted by atomic mass is 9.86. The van der Waals surface area contributed by atoms with Crippen LogP contribution in [-0.2, 0) is 11.4 Å². The molecule has 180 valence electrons. The summed E-state index contributed by atoms with van der Waals surface area (Å²) in [7, 11) is 0. The molecule has 2 rings (SSSR count). The Bertz CT molecular complexity index is 974. The van der Waals surface area contributed by atoms with Crippen LogP contribution in [0.1, 0.15) is 68.0 Å². The molecule has 7 nitrogen and oxygen atoms in total.